The van der Waals surface area contributed by atoms with E-state index >= 15 is 0 Å². The molecule has 1 aliphatic rings. The van der Waals surface area contributed by atoms with Crippen LogP contribution in [0.3, 0.4) is 0 Å². The zero-order valence-corrected chi connectivity index (χ0v) is 18.4. The number of amides is 1. The first-order chi connectivity index (χ1) is 15.4. The topological polar surface area (TPSA) is 120 Å². The van der Waals surface area contributed by atoms with Gasteiger partial charge >= 0.3 is 6.18 Å². The van der Waals surface area contributed by atoms with Gasteiger partial charge in [-0.3, -0.25) is 9.78 Å². The van der Waals surface area contributed by atoms with Gasteiger partial charge < -0.3 is 5.32 Å². The van der Waals surface area contributed by atoms with E-state index in [1.807, 2.05) is 6.92 Å². The van der Waals surface area contributed by atoms with Crippen molar-refractivity contribution in [2.75, 3.05) is 11.5 Å². The number of aromatic nitrogens is 5. The predicted molar refractivity (Wildman–Crippen MR) is 111 cm³/mol. The molecule has 0 saturated carbocycles. The van der Waals surface area contributed by atoms with Gasteiger partial charge in [0.05, 0.1) is 28.4 Å². The highest BCUT2D eigenvalue weighted by molar-refractivity contribution is 7.91. The van der Waals surface area contributed by atoms with Crippen LogP contribution in [0.1, 0.15) is 35.1 Å². The standard InChI is InChI=1S/C20H19F3N6O3S/c1-12-3-4-16(24-10-12)13-7-14(17(30)25-19(2)5-6-33(31,32)11-19)9-15(8-13)29-18(20(21,22)23)26-27-28-29/h3-4,7-10H,5-6,11H2,1-2H3,(H,25,30). The van der Waals surface area contributed by atoms with Crippen LogP contribution < -0.4 is 5.32 Å². The lowest BCUT2D eigenvalue weighted by Gasteiger charge is -2.24. The van der Waals surface area contributed by atoms with E-state index in [0.717, 1.165) is 5.56 Å². The molecular formula is C20H19F3N6O3S. The van der Waals surface area contributed by atoms with E-state index in [1.54, 1.807) is 25.3 Å². The van der Waals surface area contributed by atoms with E-state index in [4.69, 9.17) is 0 Å². The van der Waals surface area contributed by atoms with Gasteiger partial charge in [-0.1, -0.05) is 6.07 Å². The first-order valence-electron chi connectivity index (χ1n) is 9.82. The van der Waals surface area contributed by atoms with Gasteiger partial charge in [0.15, 0.2) is 9.84 Å². The third kappa shape index (κ3) is 4.87. The maximum absolute atomic E-state index is 13.4. The summed E-state index contributed by atoms with van der Waals surface area (Å²) >= 11 is 0. The number of aryl methyl sites for hydroxylation is 1. The lowest BCUT2D eigenvalue weighted by molar-refractivity contribution is -0.146. The van der Waals surface area contributed by atoms with Crippen molar-refractivity contribution in [2.24, 2.45) is 0 Å². The molecule has 33 heavy (non-hydrogen) atoms. The number of carbonyl (C=O) groups is 1. The van der Waals surface area contributed by atoms with Gasteiger partial charge in [-0.15, -0.1) is 5.10 Å². The van der Waals surface area contributed by atoms with Crippen molar-refractivity contribution in [1.29, 1.82) is 0 Å². The summed E-state index contributed by atoms with van der Waals surface area (Å²) in [5, 5.41) is 12.3. The average molecular weight is 480 g/mol. The normalized spacial score (nSPS) is 20.0. The van der Waals surface area contributed by atoms with Crippen LogP contribution in [0.15, 0.2) is 36.5 Å². The molecule has 1 aliphatic heterocycles. The van der Waals surface area contributed by atoms with Crippen molar-refractivity contribution in [3.63, 3.8) is 0 Å². The third-order valence-corrected chi connectivity index (χ3v) is 7.18. The Kier molecular flexibility index (Phi) is 5.47. The molecule has 1 atom stereocenters. The number of hydrogen-bond acceptors (Lipinski definition) is 7. The Balaban J connectivity index is 1.79. The minimum atomic E-state index is -4.82. The largest absolute Gasteiger partial charge is 0.453 e. The fourth-order valence-electron chi connectivity index (χ4n) is 3.64. The van der Waals surface area contributed by atoms with Gasteiger partial charge in [-0.05, 0) is 60.5 Å². The zero-order chi connectivity index (χ0) is 24.0. The van der Waals surface area contributed by atoms with Gasteiger partial charge in [0, 0.05) is 17.3 Å². The van der Waals surface area contributed by atoms with Crippen molar-refractivity contribution in [3.05, 3.63) is 53.5 Å². The molecule has 1 aromatic carbocycles. The highest BCUT2D eigenvalue weighted by Crippen LogP contribution is 2.30. The number of hydrogen-bond donors (Lipinski definition) is 1. The summed E-state index contributed by atoms with van der Waals surface area (Å²) in [7, 11) is -3.28. The molecule has 1 fully saturated rings. The molecule has 1 saturated heterocycles. The molecule has 1 N–H and O–H groups in total. The monoisotopic (exact) mass is 480 g/mol. The molecule has 9 nitrogen and oxygen atoms in total. The smallest absolute Gasteiger partial charge is 0.346 e. The maximum Gasteiger partial charge on any atom is 0.453 e. The van der Waals surface area contributed by atoms with E-state index in [0.29, 0.717) is 15.9 Å². The molecule has 13 heteroatoms. The SMILES string of the molecule is Cc1ccc(-c2cc(C(=O)NC3(C)CCS(=O)(=O)C3)cc(-n3nnnc3C(F)(F)F)c2)nc1. The molecule has 2 aromatic heterocycles. The fourth-order valence-corrected chi connectivity index (χ4v) is 5.74. The number of rotatable bonds is 4. The maximum atomic E-state index is 13.4. The minimum Gasteiger partial charge on any atom is -0.346 e. The van der Waals surface area contributed by atoms with Gasteiger partial charge in [0.1, 0.15) is 0 Å². The van der Waals surface area contributed by atoms with Crippen molar-refractivity contribution in [1.82, 2.24) is 30.5 Å². The van der Waals surface area contributed by atoms with Gasteiger partial charge in [-0.25, -0.2) is 8.42 Å². The van der Waals surface area contributed by atoms with Crippen molar-refractivity contribution in [2.45, 2.75) is 32.0 Å². The number of pyridine rings is 1. The van der Waals surface area contributed by atoms with Crippen LogP contribution in [-0.4, -0.2) is 56.6 Å². The molecule has 3 heterocycles. The highest BCUT2D eigenvalue weighted by Gasteiger charge is 2.40. The quantitative estimate of drug-likeness (QED) is 0.609. The Morgan fingerprint density at radius 2 is 1.97 bits per heavy atom. The number of carbonyl (C=O) groups excluding carboxylic acids is 1. The fraction of sp³-hybridized carbons (Fsp3) is 0.350. The van der Waals surface area contributed by atoms with Gasteiger partial charge in [0.25, 0.3) is 11.7 Å². The summed E-state index contributed by atoms with van der Waals surface area (Å²) in [6, 6.07) is 7.52. The molecule has 0 spiro atoms. The van der Waals surface area contributed by atoms with Crippen LogP contribution in [0.25, 0.3) is 16.9 Å². The molecule has 3 aromatic rings. The first kappa shape index (κ1) is 22.8. The zero-order valence-electron chi connectivity index (χ0n) is 17.6. The second-order valence-electron chi connectivity index (χ2n) is 8.26. The molecule has 0 bridgehead atoms. The molecular weight excluding hydrogens is 461 g/mol. The number of alkyl halides is 3. The summed E-state index contributed by atoms with van der Waals surface area (Å²) in [5.41, 5.74) is 0.599. The van der Waals surface area contributed by atoms with Crippen molar-refractivity contribution >= 4 is 15.7 Å². The van der Waals surface area contributed by atoms with Crippen LogP contribution in [0.4, 0.5) is 13.2 Å². The number of nitrogens with one attached hydrogen (secondary N) is 1. The Hall–Kier alpha value is -3.35. The summed E-state index contributed by atoms with van der Waals surface area (Å²) < 4.78 is 64.4. The number of sulfone groups is 1. The van der Waals surface area contributed by atoms with E-state index in [1.165, 1.54) is 18.2 Å². The molecule has 1 amide bonds. The average Bonchev–Trinajstić information content (AvgIpc) is 3.32. The number of tetrazole rings is 1. The van der Waals surface area contributed by atoms with Crippen LogP contribution in [0.5, 0.6) is 0 Å². The highest BCUT2D eigenvalue weighted by atomic mass is 32.2. The number of nitrogens with zero attached hydrogens (tertiary/aromatic N) is 5. The van der Waals surface area contributed by atoms with Crippen molar-refractivity contribution < 1.29 is 26.4 Å². The summed E-state index contributed by atoms with van der Waals surface area (Å²) in [4.78, 5) is 17.3. The number of benzene rings is 1. The van der Waals surface area contributed by atoms with Crippen LogP contribution >= 0.6 is 0 Å². The Morgan fingerprint density at radius 3 is 2.58 bits per heavy atom. The van der Waals surface area contributed by atoms with E-state index in [-0.39, 0.29) is 29.2 Å². The molecule has 4 rings (SSSR count). The van der Waals surface area contributed by atoms with E-state index in [2.05, 4.69) is 25.8 Å². The minimum absolute atomic E-state index is 0.0130. The Morgan fingerprint density at radius 1 is 1.21 bits per heavy atom. The lowest BCUT2D eigenvalue weighted by Crippen LogP contribution is -2.46. The van der Waals surface area contributed by atoms with Gasteiger partial charge in [-0.2, -0.15) is 17.9 Å². The molecule has 174 valence electrons. The van der Waals surface area contributed by atoms with Crippen molar-refractivity contribution in [3.8, 4) is 16.9 Å². The second-order valence-corrected chi connectivity index (χ2v) is 10.4. The van der Waals surface area contributed by atoms with Crippen LogP contribution in [0.2, 0.25) is 0 Å². The first-order valence-corrected chi connectivity index (χ1v) is 11.6. The molecule has 0 radical (unpaired) electrons. The molecule has 0 aliphatic carbocycles. The lowest BCUT2D eigenvalue weighted by atomic mass is 10.00. The Bertz CT molecular complexity index is 1320. The second kappa shape index (κ2) is 7.90. The summed E-state index contributed by atoms with van der Waals surface area (Å²) in [6.45, 7) is 3.45. The summed E-state index contributed by atoms with van der Waals surface area (Å²) in [5.74, 6) is -2.26. The van der Waals surface area contributed by atoms with E-state index in [9.17, 15) is 26.4 Å². The number of halogens is 3. The van der Waals surface area contributed by atoms with E-state index < -0.39 is 33.3 Å². The third-order valence-electron chi connectivity index (χ3n) is 5.27. The predicted octanol–water partition coefficient (Wildman–Crippen LogP) is 2.36. The Labute approximate surface area is 186 Å². The summed E-state index contributed by atoms with van der Waals surface area (Å²) in [6.07, 6.45) is -3.00. The van der Waals surface area contributed by atoms with Crippen LogP contribution in [-0.2, 0) is 16.0 Å². The molecule has 1 unspecified atom stereocenters. The van der Waals surface area contributed by atoms with Gasteiger partial charge in [0.2, 0.25) is 0 Å². The van der Waals surface area contributed by atoms with Crippen LogP contribution in [0, 0.1) is 6.92 Å².